The first-order valence-electron chi connectivity index (χ1n) is 8.24. The van der Waals surface area contributed by atoms with Gasteiger partial charge in [0.1, 0.15) is 0 Å². The molecule has 1 aliphatic rings. The van der Waals surface area contributed by atoms with Crippen LogP contribution in [-0.4, -0.2) is 54.3 Å². The van der Waals surface area contributed by atoms with Crippen LogP contribution in [0.1, 0.15) is 26.2 Å². The number of carbonyl (C=O) groups is 2. The average molecular weight is 372 g/mol. The lowest BCUT2D eigenvalue weighted by atomic mass is 10.1. The lowest BCUT2D eigenvalue weighted by Gasteiger charge is -2.29. The molecular formula is C17H23Cl2N3O2. The van der Waals surface area contributed by atoms with E-state index in [1.807, 2.05) is 16.7 Å². The fourth-order valence-electron chi connectivity index (χ4n) is 2.70. The van der Waals surface area contributed by atoms with Gasteiger partial charge in [0.05, 0.1) is 23.8 Å². The van der Waals surface area contributed by atoms with E-state index in [-0.39, 0.29) is 24.9 Å². The van der Waals surface area contributed by atoms with Crippen molar-refractivity contribution in [3.8, 4) is 0 Å². The number of rotatable bonds is 6. The second-order valence-corrected chi connectivity index (χ2v) is 6.76. The Morgan fingerprint density at radius 2 is 1.88 bits per heavy atom. The Kier molecular flexibility index (Phi) is 7.34. The molecule has 1 N–H and O–H groups in total. The van der Waals surface area contributed by atoms with Gasteiger partial charge < -0.3 is 10.2 Å². The normalized spacial score (nSPS) is 14.8. The van der Waals surface area contributed by atoms with Gasteiger partial charge in [-0.05, 0) is 44.0 Å². The van der Waals surface area contributed by atoms with E-state index in [1.54, 1.807) is 18.2 Å². The van der Waals surface area contributed by atoms with Crippen LogP contribution in [0.4, 0.5) is 5.69 Å². The fraction of sp³-hybridized carbons (Fsp3) is 0.529. The van der Waals surface area contributed by atoms with Crippen LogP contribution in [0, 0.1) is 0 Å². The van der Waals surface area contributed by atoms with Crippen molar-refractivity contribution in [1.29, 1.82) is 0 Å². The number of benzene rings is 1. The molecule has 132 valence electrons. The summed E-state index contributed by atoms with van der Waals surface area (Å²) in [6.07, 6.45) is 3.31. The summed E-state index contributed by atoms with van der Waals surface area (Å²) < 4.78 is 0. The first-order valence-corrected chi connectivity index (χ1v) is 9.00. The lowest BCUT2D eigenvalue weighted by molar-refractivity contribution is -0.133. The van der Waals surface area contributed by atoms with E-state index in [4.69, 9.17) is 23.2 Å². The van der Waals surface area contributed by atoms with Gasteiger partial charge in [0.15, 0.2) is 0 Å². The number of anilines is 1. The maximum atomic E-state index is 12.3. The molecule has 0 aromatic heterocycles. The zero-order chi connectivity index (χ0) is 17.5. The molecule has 0 atom stereocenters. The number of piperidine rings is 1. The minimum Gasteiger partial charge on any atom is -0.342 e. The fourth-order valence-corrected chi connectivity index (χ4v) is 3.04. The highest BCUT2D eigenvalue weighted by Gasteiger charge is 2.20. The number of hydrogen-bond donors (Lipinski definition) is 1. The lowest BCUT2D eigenvalue weighted by Crippen LogP contribution is -2.44. The molecule has 5 nitrogen and oxygen atoms in total. The van der Waals surface area contributed by atoms with E-state index in [0.717, 1.165) is 25.9 Å². The molecule has 1 aliphatic heterocycles. The third-order valence-corrected chi connectivity index (χ3v) is 4.65. The van der Waals surface area contributed by atoms with Crippen LogP contribution in [0.3, 0.4) is 0 Å². The zero-order valence-corrected chi connectivity index (χ0v) is 15.4. The number of likely N-dealkylation sites (tertiary alicyclic amines) is 1. The smallest absolute Gasteiger partial charge is 0.238 e. The van der Waals surface area contributed by atoms with Gasteiger partial charge in [-0.1, -0.05) is 30.1 Å². The van der Waals surface area contributed by atoms with Gasteiger partial charge in [-0.3, -0.25) is 14.5 Å². The standard InChI is InChI=1S/C17H23Cl2N3O2/c1-2-21(12-17(24)22-8-4-3-5-9-22)11-16(23)20-15-10-13(18)6-7-14(15)19/h6-7,10H,2-5,8-9,11-12H2,1H3,(H,20,23). The van der Waals surface area contributed by atoms with E-state index >= 15 is 0 Å². The van der Waals surface area contributed by atoms with Gasteiger partial charge in [0, 0.05) is 18.1 Å². The molecule has 2 amide bonds. The largest absolute Gasteiger partial charge is 0.342 e. The van der Waals surface area contributed by atoms with Crippen molar-refractivity contribution >= 4 is 40.7 Å². The second kappa shape index (κ2) is 9.25. The van der Waals surface area contributed by atoms with E-state index in [9.17, 15) is 9.59 Å². The number of nitrogens with one attached hydrogen (secondary N) is 1. The molecule has 0 bridgehead atoms. The van der Waals surface area contributed by atoms with Crippen molar-refractivity contribution in [2.24, 2.45) is 0 Å². The van der Waals surface area contributed by atoms with E-state index in [0.29, 0.717) is 22.3 Å². The first kappa shape index (κ1) is 19.0. The summed E-state index contributed by atoms with van der Waals surface area (Å²) in [4.78, 5) is 28.3. The summed E-state index contributed by atoms with van der Waals surface area (Å²) in [6.45, 7) is 4.59. The van der Waals surface area contributed by atoms with Crippen LogP contribution < -0.4 is 5.32 Å². The Bertz CT molecular complexity index is 589. The van der Waals surface area contributed by atoms with Gasteiger partial charge in [0.25, 0.3) is 0 Å². The number of nitrogens with zero attached hydrogens (tertiary/aromatic N) is 2. The maximum absolute atomic E-state index is 12.3. The molecule has 0 radical (unpaired) electrons. The predicted molar refractivity (Wildman–Crippen MR) is 97.6 cm³/mol. The average Bonchev–Trinajstić information content (AvgIpc) is 2.58. The SMILES string of the molecule is CCN(CC(=O)Nc1cc(Cl)ccc1Cl)CC(=O)N1CCCCC1. The molecule has 0 saturated carbocycles. The van der Waals surface area contributed by atoms with Gasteiger partial charge in [-0.2, -0.15) is 0 Å². The number of halogens is 2. The van der Waals surface area contributed by atoms with Crippen molar-refractivity contribution in [2.45, 2.75) is 26.2 Å². The van der Waals surface area contributed by atoms with Crippen LogP contribution >= 0.6 is 23.2 Å². The Morgan fingerprint density at radius 3 is 2.54 bits per heavy atom. The quantitative estimate of drug-likeness (QED) is 0.834. The van der Waals surface area contributed by atoms with Gasteiger partial charge >= 0.3 is 0 Å². The third-order valence-electron chi connectivity index (χ3n) is 4.08. The molecular weight excluding hydrogens is 349 g/mol. The van der Waals surface area contributed by atoms with Crippen molar-refractivity contribution in [2.75, 3.05) is 38.0 Å². The van der Waals surface area contributed by atoms with Crippen molar-refractivity contribution in [3.63, 3.8) is 0 Å². The maximum Gasteiger partial charge on any atom is 0.238 e. The molecule has 24 heavy (non-hydrogen) atoms. The molecule has 7 heteroatoms. The Morgan fingerprint density at radius 1 is 1.17 bits per heavy atom. The number of carbonyl (C=O) groups excluding carboxylic acids is 2. The molecule has 2 rings (SSSR count). The second-order valence-electron chi connectivity index (χ2n) is 5.92. The monoisotopic (exact) mass is 371 g/mol. The zero-order valence-electron chi connectivity index (χ0n) is 13.9. The Balaban J connectivity index is 1.88. The van der Waals surface area contributed by atoms with E-state index < -0.39 is 0 Å². The van der Waals surface area contributed by atoms with Crippen LogP contribution in [0.15, 0.2) is 18.2 Å². The number of likely N-dealkylation sites (N-methyl/N-ethyl adjacent to an activating group) is 1. The molecule has 0 spiro atoms. The topological polar surface area (TPSA) is 52.7 Å². The van der Waals surface area contributed by atoms with Crippen molar-refractivity contribution < 1.29 is 9.59 Å². The molecule has 1 fully saturated rings. The number of hydrogen-bond acceptors (Lipinski definition) is 3. The summed E-state index contributed by atoms with van der Waals surface area (Å²) in [6, 6.07) is 4.91. The highest BCUT2D eigenvalue weighted by Crippen LogP contribution is 2.25. The van der Waals surface area contributed by atoms with Gasteiger partial charge in [-0.15, -0.1) is 0 Å². The molecule has 0 unspecified atom stereocenters. The summed E-state index contributed by atoms with van der Waals surface area (Å²) in [5.74, 6) is -0.127. The minimum atomic E-state index is -0.215. The summed E-state index contributed by atoms with van der Waals surface area (Å²) >= 11 is 12.0. The van der Waals surface area contributed by atoms with Crippen LogP contribution in [-0.2, 0) is 9.59 Å². The minimum absolute atomic E-state index is 0.0881. The molecule has 1 aromatic carbocycles. The first-order chi connectivity index (χ1) is 11.5. The molecule has 0 aliphatic carbocycles. The van der Waals surface area contributed by atoms with Gasteiger partial charge in [-0.25, -0.2) is 0 Å². The van der Waals surface area contributed by atoms with Crippen LogP contribution in [0.2, 0.25) is 10.0 Å². The third kappa shape index (κ3) is 5.65. The molecule has 1 heterocycles. The van der Waals surface area contributed by atoms with Crippen molar-refractivity contribution in [3.05, 3.63) is 28.2 Å². The van der Waals surface area contributed by atoms with Crippen LogP contribution in [0.5, 0.6) is 0 Å². The summed E-state index contributed by atoms with van der Waals surface area (Å²) in [5.41, 5.74) is 0.479. The number of amides is 2. The van der Waals surface area contributed by atoms with Gasteiger partial charge in [0.2, 0.25) is 11.8 Å². The highest BCUT2D eigenvalue weighted by atomic mass is 35.5. The van der Waals surface area contributed by atoms with E-state index in [2.05, 4.69) is 5.32 Å². The summed E-state index contributed by atoms with van der Waals surface area (Å²) in [5, 5.41) is 3.68. The van der Waals surface area contributed by atoms with E-state index in [1.165, 1.54) is 6.42 Å². The van der Waals surface area contributed by atoms with Crippen molar-refractivity contribution in [1.82, 2.24) is 9.80 Å². The Labute approximate surface area is 152 Å². The Hall–Kier alpha value is -1.30. The van der Waals surface area contributed by atoms with Crippen LogP contribution in [0.25, 0.3) is 0 Å². The molecule has 1 saturated heterocycles. The highest BCUT2D eigenvalue weighted by molar-refractivity contribution is 6.35. The summed E-state index contributed by atoms with van der Waals surface area (Å²) in [7, 11) is 0. The molecule has 1 aromatic rings. The predicted octanol–water partition coefficient (Wildman–Crippen LogP) is 3.27.